The summed E-state index contributed by atoms with van der Waals surface area (Å²) in [6.07, 6.45) is 3.72. The molecule has 1 aliphatic heterocycles. The van der Waals surface area contributed by atoms with Crippen molar-refractivity contribution in [2.75, 3.05) is 24.5 Å². The van der Waals surface area contributed by atoms with E-state index in [0.29, 0.717) is 6.54 Å². The lowest BCUT2D eigenvalue weighted by atomic mass is 9.95. The summed E-state index contributed by atoms with van der Waals surface area (Å²) in [5.74, 6) is 1.01. The van der Waals surface area contributed by atoms with Gasteiger partial charge in [-0.25, -0.2) is 4.98 Å². The Morgan fingerprint density at radius 2 is 2.39 bits per heavy atom. The van der Waals surface area contributed by atoms with Gasteiger partial charge in [0, 0.05) is 31.4 Å². The molecule has 1 unspecified atom stereocenters. The first-order valence-electron chi connectivity index (χ1n) is 6.74. The number of hydrogen-bond acceptors (Lipinski definition) is 4. The van der Waals surface area contributed by atoms with Gasteiger partial charge in [-0.2, -0.15) is 0 Å². The average molecular weight is 249 g/mol. The van der Waals surface area contributed by atoms with Gasteiger partial charge in [-0.1, -0.05) is 13.0 Å². The monoisotopic (exact) mass is 249 g/mol. The molecule has 1 atom stereocenters. The zero-order valence-electron chi connectivity index (χ0n) is 11.3. The first-order chi connectivity index (χ1) is 8.62. The Kier molecular flexibility index (Phi) is 4.19. The van der Waals surface area contributed by atoms with Crippen LogP contribution in [0.15, 0.2) is 18.3 Å². The Balaban J connectivity index is 2.16. The maximum absolute atomic E-state index is 10.2. The van der Waals surface area contributed by atoms with Gasteiger partial charge < -0.3 is 15.3 Å². The van der Waals surface area contributed by atoms with Gasteiger partial charge in [0.15, 0.2) is 0 Å². The third-order valence-corrected chi connectivity index (χ3v) is 3.41. The van der Waals surface area contributed by atoms with Crippen molar-refractivity contribution in [3.05, 3.63) is 23.9 Å². The van der Waals surface area contributed by atoms with Gasteiger partial charge in [0.2, 0.25) is 0 Å². The average Bonchev–Trinajstić information content (AvgIpc) is 2.35. The fraction of sp³-hybridized carbons (Fsp3) is 0.643. The molecule has 2 heterocycles. The minimum absolute atomic E-state index is 0.592. The second-order valence-electron chi connectivity index (χ2n) is 5.29. The van der Waals surface area contributed by atoms with Gasteiger partial charge in [-0.05, 0) is 32.4 Å². The molecule has 1 fully saturated rings. The van der Waals surface area contributed by atoms with Crippen LogP contribution in [0, 0.1) is 0 Å². The van der Waals surface area contributed by atoms with E-state index < -0.39 is 5.60 Å². The van der Waals surface area contributed by atoms with Crippen molar-refractivity contribution in [2.24, 2.45) is 0 Å². The molecule has 18 heavy (non-hydrogen) atoms. The number of β-amino-alcohol motifs (C(OH)–C–C–N with tert-alkyl or cyclic N) is 1. The number of aromatic nitrogens is 1. The van der Waals surface area contributed by atoms with Crippen LogP contribution in [0.5, 0.6) is 0 Å². The molecular formula is C14H23N3O. The lowest BCUT2D eigenvalue weighted by molar-refractivity contribution is 0.0446. The van der Waals surface area contributed by atoms with Gasteiger partial charge in [0.25, 0.3) is 0 Å². The van der Waals surface area contributed by atoms with Crippen molar-refractivity contribution in [1.29, 1.82) is 0 Å². The smallest absolute Gasteiger partial charge is 0.133 e. The highest BCUT2D eigenvalue weighted by molar-refractivity contribution is 5.47. The molecule has 0 radical (unpaired) electrons. The normalized spacial score (nSPS) is 24.3. The molecule has 0 amide bonds. The number of anilines is 1. The maximum atomic E-state index is 10.2. The Labute approximate surface area is 109 Å². The highest BCUT2D eigenvalue weighted by Crippen LogP contribution is 2.26. The zero-order chi connectivity index (χ0) is 13.0. The van der Waals surface area contributed by atoms with Crippen LogP contribution in [0.4, 0.5) is 5.82 Å². The highest BCUT2D eigenvalue weighted by Gasteiger charge is 2.29. The van der Waals surface area contributed by atoms with Gasteiger partial charge in [-0.15, -0.1) is 0 Å². The molecule has 0 bridgehead atoms. The van der Waals surface area contributed by atoms with Crippen LogP contribution in [0.3, 0.4) is 0 Å². The molecule has 2 N–H and O–H groups in total. The van der Waals surface area contributed by atoms with E-state index in [-0.39, 0.29) is 0 Å². The van der Waals surface area contributed by atoms with Gasteiger partial charge in [0.1, 0.15) is 5.82 Å². The van der Waals surface area contributed by atoms with E-state index in [1.54, 1.807) is 0 Å². The number of aliphatic hydroxyl groups is 1. The van der Waals surface area contributed by atoms with Crippen molar-refractivity contribution in [3.8, 4) is 0 Å². The SMILES string of the molecule is CCNCc1cccnc1N1CCCC(C)(O)C1. The molecule has 0 saturated carbocycles. The molecule has 0 aromatic carbocycles. The minimum atomic E-state index is -0.592. The van der Waals surface area contributed by atoms with E-state index in [9.17, 15) is 5.11 Å². The Morgan fingerprint density at radius 1 is 1.56 bits per heavy atom. The van der Waals surface area contributed by atoms with Gasteiger partial charge in [-0.3, -0.25) is 0 Å². The number of nitrogens with zero attached hydrogens (tertiary/aromatic N) is 2. The van der Waals surface area contributed by atoms with Crippen LogP contribution in [0.1, 0.15) is 32.3 Å². The molecule has 2 rings (SSSR count). The zero-order valence-corrected chi connectivity index (χ0v) is 11.3. The topological polar surface area (TPSA) is 48.4 Å². The largest absolute Gasteiger partial charge is 0.388 e. The third kappa shape index (κ3) is 3.21. The lowest BCUT2D eigenvalue weighted by Crippen LogP contribution is -2.46. The van der Waals surface area contributed by atoms with Crippen LogP contribution in [0.2, 0.25) is 0 Å². The van der Waals surface area contributed by atoms with Crippen LogP contribution in [-0.2, 0) is 6.54 Å². The van der Waals surface area contributed by atoms with Crippen LogP contribution >= 0.6 is 0 Å². The standard InChI is InChI=1S/C14H23N3O/c1-3-15-10-12-6-4-8-16-13(12)17-9-5-7-14(2,18)11-17/h4,6,8,15,18H,3,5,7,9-11H2,1-2H3. The van der Waals surface area contributed by atoms with Crippen molar-refractivity contribution in [1.82, 2.24) is 10.3 Å². The van der Waals surface area contributed by atoms with E-state index in [1.165, 1.54) is 5.56 Å². The molecular weight excluding hydrogens is 226 g/mol. The quantitative estimate of drug-likeness (QED) is 0.850. The Hall–Kier alpha value is -1.13. The fourth-order valence-electron chi connectivity index (χ4n) is 2.51. The molecule has 1 aromatic rings. The third-order valence-electron chi connectivity index (χ3n) is 3.41. The predicted octanol–water partition coefficient (Wildman–Crippen LogP) is 1.54. The molecule has 0 spiro atoms. The van der Waals surface area contributed by atoms with Crippen molar-refractivity contribution in [3.63, 3.8) is 0 Å². The summed E-state index contributed by atoms with van der Waals surface area (Å²) in [4.78, 5) is 6.70. The molecule has 4 heteroatoms. The minimum Gasteiger partial charge on any atom is -0.388 e. The number of piperidine rings is 1. The van der Waals surface area contributed by atoms with Crippen molar-refractivity contribution < 1.29 is 5.11 Å². The summed E-state index contributed by atoms with van der Waals surface area (Å²) in [6, 6.07) is 4.08. The number of pyridine rings is 1. The molecule has 0 aliphatic carbocycles. The van der Waals surface area contributed by atoms with E-state index >= 15 is 0 Å². The second-order valence-corrected chi connectivity index (χ2v) is 5.29. The van der Waals surface area contributed by atoms with Crippen molar-refractivity contribution >= 4 is 5.82 Å². The van der Waals surface area contributed by atoms with Crippen LogP contribution in [0.25, 0.3) is 0 Å². The van der Waals surface area contributed by atoms with Gasteiger partial charge in [0.05, 0.1) is 5.60 Å². The van der Waals surface area contributed by atoms with E-state index in [1.807, 2.05) is 19.2 Å². The number of rotatable bonds is 4. The summed E-state index contributed by atoms with van der Waals surface area (Å²) in [7, 11) is 0. The van der Waals surface area contributed by atoms with Crippen molar-refractivity contribution in [2.45, 2.75) is 38.8 Å². The van der Waals surface area contributed by atoms with E-state index in [2.05, 4.69) is 28.2 Å². The summed E-state index contributed by atoms with van der Waals surface area (Å²) < 4.78 is 0. The molecule has 1 aromatic heterocycles. The number of nitrogens with one attached hydrogen (secondary N) is 1. The second kappa shape index (κ2) is 5.67. The first kappa shape index (κ1) is 13.3. The van der Waals surface area contributed by atoms with Gasteiger partial charge >= 0.3 is 0 Å². The molecule has 100 valence electrons. The molecule has 1 aliphatic rings. The summed E-state index contributed by atoms with van der Waals surface area (Å²) in [6.45, 7) is 7.44. The van der Waals surface area contributed by atoms with E-state index in [0.717, 1.165) is 38.3 Å². The first-order valence-corrected chi connectivity index (χ1v) is 6.74. The van der Waals surface area contributed by atoms with Crippen LogP contribution in [-0.4, -0.2) is 35.3 Å². The predicted molar refractivity (Wildman–Crippen MR) is 73.7 cm³/mol. The maximum Gasteiger partial charge on any atom is 0.133 e. The Bertz CT molecular complexity index is 392. The number of hydrogen-bond donors (Lipinski definition) is 2. The lowest BCUT2D eigenvalue weighted by Gasteiger charge is -2.38. The highest BCUT2D eigenvalue weighted by atomic mass is 16.3. The summed E-state index contributed by atoms with van der Waals surface area (Å²) in [5.41, 5.74) is 0.614. The molecule has 4 nitrogen and oxygen atoms in total. The van der Waals surface area contributed by atoms with Crippen LogP contribution < -0.4 is 10.2 Å². The summed E-state index contributed by atoms with van der Waals surface area (Å²) in [5, 5.41) is 13.5. The Morgan fingerprint density at radius 3 is 3.11 bits per heavy atom. The van der Waals surface area contributed by atoms with E-state index in [4.69, 9.17) is 0 Å². The fourth-order valence-corrected chi connectivity index (χ4v) is 2.51. The molecule has 1 saturated heterocycles. The summed E-state index contributed by atoms with van der Waals surface area (Å²) >= 11 is 0.